The van der Waals surface area contributed by atoms with Crippen molar-refractivity contribution in [3.8, 4) is 11.8 Å². The van der Waals surface area contributed by atoms with Crippen LogP contribution in [0, 0.1) is 11.8 Å². The predicted molar refractivity (Wildman–Crippen MR) is 67.7 cm³/mol. The third-order valence-electron chi connectivity index (χ3n) is 2.12. The summed E-state index contributed by atoms with van der Waals surface area (Å²) >= 11 is 4.01. The number of benzene rings is 1. The van der Waals surface area contributed by atoms with E-state index < -0.39 is 5.97 Å². The van der Waals surface area contributed by atoms with Gasteiger partial charge in [0.25, 0.3) is 0 Å². The second kappa shape index (κ2) is 6.97. The highest BCUT2D eigenvalue weighted by molar-refractivity contribution is 7.80. The molecule has 0 amide bonds. The first kappa shape index (κ1) is 12.7. The van der Waals surface area contributed by atoms with Crippen LogP contribution in [0.1, 0.15) is 24.0 Å². The fraction of sp³-hybridized carbons (Fsp3) is 0.308. The molecule has 0 fully saturated rings. The topological polar surface area (TPSA) is 37.3 Å². The van der Waals surface area contributed by atoms with E-state index in [-0.39, 0.29) is 6.42 Å². The van der Waals surface area contributed by atoms with Crippen LogP contribution in [0.2, 0.25) is 0 Å². The zero-order chi connectivity index (χ0) is 11.8. The standard InChI is InChI=1S/C13H14O2S/c14-13(15)5-1-3-11-6-8-12(9-7-11)4-2-10-16/h6-9,16H,1,3,5,10H2,(H,14,15). The number of carbonyl (C=O) groups is 1. The van der Waals surface area contributed by atoms with Crippen LogP contribution in [-0.4, -0.2) is 16.8 Å². The molecule has 1 N–H and O–H groups in total. The van der Waals surface area contributed by atoms with Crippen molar-refractivity contribution in [3.63, 3.8) is 0 Å². The summed E-state index contributed by atoms with van der Waals surface area (Å²) in [7, 11) is 0. The summed E-state index contributed by atoms with van der Waals surface area (Å²) in [5.74, 6) is 5.67. The number of rotatable bonds is 4. The van der Waals surface area contributed by atoms with E-state index in [9.17, 15) is 4.79 Å². The maximum absolute atomic E-state index is 10.3. The average Bonchev–Trinajstić information content (AvgIpc) is 2.27. The molecule has 0 radical (unpaired) electrons. The number of aliphatic carboxylic acids is 1. The lowest BCUT2D eigenvalue weighted by Gasteiger charge is -1.99. The van der Waals surface area contributed by atoms with Crippen molar-refractivity contribution in [1.29, 1.82) is 0 Å². The van der Waals surface area contributed by atoms with Crippen molar-refractivity contribution in [2.45, 2.75) is 19.3 Å². The number of hydrogen-bond acceptors (Lipinski definition) is 2. The molecule has 0 atom stereocenters. The van der Waals surface area contributed by atoms with Gasteiger partial charge in [-0.15, -0.1) is 0 Å². The molecule has 2 nitrogen and oxygen atoms in total. The zero-order valence-corrected chi connectivity index (χ0v) is 9.83. The largest absolute Gasteiger partial charge is 0.481 e. The van der Waals surface area contributed by atoms with Gasteiger partial charge in [0.1, 0.15) is 0 Å². The van der Waals surface area contributed by atoms with Gasteiger partial charge in [-0.2, -0.15) is 12.6 Å². The van der Waals surface area contributed by atoms with Crippen LogP contribution in [0.25, 0.3) is 0 Å². The van der Waals surface area contributed by atoms with E-state index in [1.165, 1.54) is 0 Å². The van der Waals surface area contributed by atoms with Gasteiger partial charge in [0, 0.05) is 12.0 Å². The van der Waals surface area contributed by atoms with E-state index in [1.807, 2.05) is 24.3 Å². The second-order valence-corrected chi connectivity index (χ2v) is 3.72. The fourth-order valence-corrected chi connectivity index (χ4v) is 1.42. The van der Waals surface area contributed by atoms with Crippen molar-refractivity contribution in [2.75, 3.05) is 5.75 Å². The van der Waals surface area contributed by atoms with Crippen LogP contribution >= 0.6 is 12.6 Å². The lowest BCUT2D eigenvalue weighted by molar-refractivity contribution is -0.137. The molecule has 0 saturated heterocycles. The lowest BCUT2D eigenvalue weighted by Crippen LogP contribution is -1.95. The molecule has 0 aliphatic heterocycles. The minimum absolute atomic E-state index is 0.223. The SMILES string of the molecule is O=C(O)CCCc1ccc(C#CCS)cc1. The first-order chi connectivity index (χ1) is 7.72. The minimum atomic E-state index is -0.740. The molecule has 0 saturated carbocycles. The van der Waals surface area contributed by atoms with E-state index in [0.717, 1.165) is 17.5 Å². The molecule has 1 aromatic rings. The number of aryl methyl sites for hydroxylation is 1. The molecular formula is C13H14O2S. The Balaban J connectivity index is 2.48. The molecule has 16 heavy (non-hydrogen) atoms. The van der Waals surface area contributed by atoms with Crippen molar-refractivity contribution in [1.82, 2.24) is 0 Å². The van der Waals surface area contributed by atoms with Crippen molar-refractivity contribution in [3.05, 3.63) is 35.4 Å². The molecular weight excluding hydrogens is 220 g/mol. The summed E-state index contributed by atoms with van der Waals surface area (Å²) < 4.78 is 0. The van der Waals surface area contributed by atoms with Crippen LogP contribution in [0.4, 0.5) is 0 Å². The summed E-state index contributed by atoms with van der Waals surface area (Å²) in [6.07, 6.45) is 1.70. The van der Waals surface area contributed by atoms with Gasteiger partial charge < -0.3 is 5.11 Å². The maximum Gasteiger partial charge on any atom is 0.303 e. The Kier molecular flexibility index (Phi) is 5.52. The Labute approximate surface area is 101 Å². The van der Waals surface area contributed by atoms with Gasteiger partial charge in [0.2, 0.25) is 0 Å². The lowest BCUT2D eigenvalue weighted by atomic mass is 10.1. The van der Waals surface area contributed by atoms with Crippen LogP contribution in [0.15, 0.2) is 24.3 Å². The molecule has 1 rings (SSSR count). The van der Waals surface area contributed by atoms with Crippen LogP contribution in [0.5, 0.6) is 0 Å². The number of hydrogen-bond donors (Lipinski definition) is 2. The molecule has 1 aromatic carbocycles. The minimum Gasteiger partial charge on any atom is -0.481 e. The molecule has 84 valence electrons. The molecule has 0 bridgehead atoms. The van der Waals surface area contributed by atoms with Gasteiger partial charge in [-0.25, -0.2) is 0 Å². The Bertz CT molecular complexity index is 398. The van der Waals surface area contributed by atoms with Gasteiger partial charge in [0.15, 0.2) is 0 Å². The summed E-state index contributed by atoms with van der Waals surface area (Å²) in [6, 6.07) is 7.88. The van der Waals surface area contributed by atoms with E-state index >= 15 is 0 Å². The average molecular weight is 234 g/mol. The number of carboxylic acid groups (broad SMARTS) is 1. The van der Waals surface area contributed by atoms with Gasteiger partial charge >= 0.3 is 5.97 Å². The van der Waals surface area contributed by atoms with E-state index in [2.05, 4.69) is 24.5 Å². The monoisotopic (exact) mass is 234 g/mol. The first-order valence-electron chi connectivity index (χ1n) is 5.13. The highest BCUT2D eigenvalue weighted by Crippen LogP contribution is 2.07. The Morgan fingerprint density at radius 1 is 1.31 bits per heavy atom. The Morgan fingerprint density at radius 2 is 2.00 bits per heavy atom. The molecule has 0 heterocycles. The van der Waals surface area contributed by atoms with Crippen molar-refractivity contribution >= 4 is 18.6 Å². The van der Waals surface area contributed by atoms with E-state index in [4.69, 9.17) is 5.11 Å². The van der Waals surface area contributed by atoms with Gasteiger partial charge in [-0.1, -0.05) is 24.0 Å². The predicted octanol–water partition coefficient (Wildman–Crippen LogP) is 2.38. The summed E-state index contributed by atoms with van der Waals surface area (Å²) in [5, 5.41) is 8.51. The molecule has 3 heteroatoms. The summed E-state index contributed by atoms with van der Waals surface area (Å²) in [5.41, 5.74) is 2.12. The van der Waals surface area contributed by atoms with Gasteiger partial charge in [0.05, 0.1) is 5.75 Å². The maximum atomic E-state index is 10.3. The van der Waals surface area contributed by atoms with Crippen LogP contribution in [-0.2, 0) is 11.2 Å². The Morgan fingerprint density at radius 3 is 2.56 bits per heavy atom. The third kappa shape index (κ3) is 4.90. The molecule has 0 aromatic heterocycles. The highest BCUT2D eigenvalue weighted by atomic mass is 32.1. The van der Waals surface area contributed by atoms with E-state index in [1.54, 1.807) is 0 Å². The zero-order valence-electron chi connectivity index (χ0n) is 8.94. The Hall–Kier alpha value is -1.40. The van der Waals surface area contributed by atoms with Gasteiger partial charge in [-0.3, -0.25) is 4.79 Å². The van der Waals surface area contributed by atoms with E-state index in [0.29, 0.717) is 12.2 Å². The van der Waals surface area contributed by atoms with Crippen molar-refractivity contribution < 1.29 is 9.90 Å². The second-order valence-electron chi connectivity index (χ2n) is 3.40. The van der Waals surface area contributed by atoms with Crippen LogP contribution < -0.4 is 0 Å². The molecule has 0 aliphatic rings. The normalized spacial score (nSPS) is 9.31. The number of thiol groups is 1. The molecule has 0 unspecified atom stereocenters. The highest BCUT2D eigenvalue weighted by Gasteiger charge is 1.98. The van der Waals surface area contributed by atoms with Crippen molar-refractivity contribution in [2.24, 2.45) is 0 Å². The fourth-order valence-electron chi connectivity index (χ4n) is 1.34. The first-order valence-corrected chi connectivity index (χ1v) is 5.76. The van der Waals surface area contributed by atoms with Crippen LogP contribution in [0.3, 0.4) is 0 Å². The van der Waals surface area contributed by atoms with Gasteiger partial charge in [-0.05, 0) is 30.5 Å². The summed E-state index contributed by atoms with van der Waals surface area (Å²) in [4.78, 5) is 10.3. The molecule has 0 aliphatic carbocycles. The molecule has 0 spiro atoms. The summed E-state index contributed by atoms with van der Waals surface area (Å²) in [6.45, 7) is 0. The quantitative estimate of drug-likeness (QED) is 0.620. The smallest absolute Gasteiger partial charge is 0.303 e. The third-order valence-corrected chi connectivity index (χ3v) is 2.28. The number of carboxylic acids is 1.